The highest BCUT2D eigenvalue weighted by Gasteiger charge is 2.20. The van der Waals surface area contributed by atoms with Crippen molar-refractivity contribution in [1.29, 1.82) is 0 Å². The number of nitrogens with one attached hydrogen (secondary N) is 3. The molecule has 0 aliphatic carbocycles. The Labute approximate surface area is 166 Å². The molecule has 3 rings (SSSR count). The van der Waals surface area contributed by atoms with E-state index in [1.807, 2.05) is 0 Å². The van der Waals surface area contributed by atoms with Crippen LogP contribution in [0.2, 0.25) is 5.02 Å². The van der Waals surface area contributed by atoms with Gasteiger partial charge in [0.25, 0.3) is 0 Å². The van der Waals surface area contributed by atoms with Gasteiger partial charge < -0.3 is 15.4 Å². The molecule has 0 radical (unpaired) electrons. The molecule has 12 heteroatoms. The van der Waals surface area contributed by atoms with E-state index in [4.69, 9.17) is 16.7 Å². The Bertz CT molecular complexity index is 1120. The highest BCUT2D eigenvalue weighted by molar-refractivity contribution is 6.31. The van der Waals surface area contributed by atoms with Crippen LogP contribution in [0.5, 0.6) is 0 Å². The smallest absolute Gasteiger partial charge is 0.404 e. The molecule has 5 N–H and O–H groups in total. The third-order valence-corrected chi connectivity index (χ3v) is 4.14. The molecule has 8 nitrogen and oxygen atoms in total. The van der Waals surface area contributed by atoms with Crippen molar-refractivity contribution in [2.24, 2.45) is 4.99 Å². The second-order valence-electron chi connectivity index (χ2n) is 5.78. The highest BCUT2D eigenvalue weighted by atomic mass is 35.5. The van der Waals surface area contributed by atoms with Crippen LogP contribution >= 0.6 is 11.6 Å². The van der Waals surface area contributed by atoms with Gasteiger partial charge >= 0.3 is 6.09 Å². The van der Waals surface area contributed by atoms with Gasteiger partial charge in [0, 0.05) is 18.5 Å². The fourth-order valence-electron chi connectivity index (χ4n) is 2.57. The molecule has 0 saturated heterocycles. The van der Waals surface area contributed by atoms with Gasteiger partial charge in [0.1, 0.15) is 17.2 Å². The first-order chi connectivity index (χ1) is 13.8. The minimum atomic E-state index is -1.24. The summed E-state index contributed by atoms with van der Waals surface area (Å²) in [7, 11) is 0. The van der Waals surface area contributed by atoms with Gasteiger partial charge in [-0.15, -0.1) is 0 Å². The average Bonchev–Trinajstić information content (AvgIpc) is 3.10. The number of benzene rings is 2. The second-order valence-corrected chi connectivity index (χ2v) is 6.19. The number of fused-ring (bicyclic) bond motifs is 1. The summed E-state index contributed by atoms with van der Waals surface area (Å²) in [6.07, 6.45) is -1.16. The minimum absolute atomic E-state index is 0.0120. The van der Waals surface area contributed by atoms with Crippen molar-refractivity contribution in [3.05, 3.63) is 58.1 Å². The first-order valence-corrected chi connectivity index (χ1v) is 8.45. The monoisotopic (exact) mass is 427 g/mol. The minimum Gasteiger partial charge on any atom is -0.465 e. The standard InChI is InChI=1S/C17H13ClF3N5O3/c18-9-5-7(1-2-10(9)19)23-16(26-29)8-6-11(20)13(21)15-14(8)24-12(25-15)3-4-22-17(27)28/h1-2,5-6,22,29H,3-4H2,(H,23,26)(H,24,25)(H,27,28). The number of amides is 1. The Morgan fingerprint density at radius 2 is 2.00 bits per heavy atom. The van der Waals surface area contributed by atoms with Crippen LogP contribution in [0.15, 0.2) is 29.3 Å². The van der Waals surface area contributed by atoms with Gasteiger partial charge in [-0.25, -0.2) is 27.9 Å². The van der Waals surface area contributed by atoms with E-state index in [0.29, 0.717) is 0 Å². The maximum atomic E-state index is 14.2. The van der Waals surface area contributed by atoms with Gasteiger partial charge in [-0.2, -0.15) is 0 Å². The highest BCUT2D eigenvalue weighted by Crippen LogP contribution is 2.26. The molecule has 152 valence electrons. The number of imidazole rings is 1. The number of rotatable bonds is 5. The lowest BCUT2D eigenvalue weighted by atomic mass is 10.1. The van der Waals surface area contributed by atoms with Gasteiger partial charge in [-0.3, -0.25) is 10.7 Å². The molecule has 1 heterocycles. The van der Waals surface area contributed by atoms with Crippen LogP contribution < -0.4 is 10.8 Å². The number of halogens is 4. The summed E-state index contributed by atoms with van der Waals surface area (Å²) in [5, 5.41) is 20.0. The normalized spacial score (nSPS) is 11.7. The number of hydroxylamine groups is 1. The maximum Gasteiger partial charge on any atom is 0.404 e. The van der Waals surface area contributed by atoms with Crippen LogP contribution in [0.4, 0.5) is 23.7 Å². The molecule has 0 aliphatic rings. The van der Waals surface area contributed by atoms with Gasteiger partial charge in [0.15, 0.2) is 17.5 Å². The lowest BCUT2D eigenvalue weighted by Gasteiger charge is -2.08. The van der Waals surface area contributed by atoms with Crippen LogP contribution in [0, 0.1) is 17.5 Å². The Hall–Kier alpha value is -3.31. The number of hydrogen-bond donors (Lipinski definition) is 5. The number of aliphatic imine (C=N–C) groups is 1. The van der Waals surface area contributed by atoms with Crippen LogP contribution in [-0.4, -0.2) is 38.8 Å². The lowest BCUT2D eigenvalue weighted by Crippen LogP contribution is -2.23. The number of nitrogens with zero attached hydrogens (tertiary/aromatic N) is 2. The first-order valence-electron chi connectivity index (χ1n) is 8.07. The third-order valence-electron chi connectivity index (χ3n) is 3.85. The summed E-state index contributed by atoms with van der Waals surface area (Å²) in [4.78, 5) is 21.3. The first kappa shape index (κ1) is 20.4. The summed E-state index contributed by atoms with van der Waals surface area (Å²) >= 11 is 5.70. The van der Waals surface area contributed by atoms with Gasteiger partial charge in [-0.05, 0) is 24.3 Å². The van der Waals surface area contributed by atoms with Crippen LogP contribution in [0.25, 0.3) is 11.0 Å². The fraction of sp³-hybridized carbons (Fsp3) is 0.118. The van der Waals surface area contributed by atoms with Crippen molar-refractivity contribution in [1.82, 2.24) is 20.8 Å². The van der Waals surface area contributed by atoms with Crippen molar-refractivity contribution in [3.63, 3.8) is 0 Å². The summed E-state index contributed by atoms with van der Waals surface area (Å²) in [5.74, 6) is -3.24. The number of carboxylic acid groups (broad SMARTS) is 1. The zero-order valence-electron chi connectivity index (χ0n) is 14.4. The van der Waals surface area contributed by atoms with E-state index >= 15 is 0 Å². The molecule has 0 bridgehead atoms. The molecular formula is C17H13ClF3N5O3. The van der Waals surface area contributed by atoms with E-state index < -0.39 is 23.5 Å². The predicted molar refractivity (Wildman–Crippen MR) is 98.3 cm³/mol. The number of aromatic amines is 1. The average molecular weight is 428 g/mol. The van der Waals surface area contributed by atoms with Crippen molar-refractivity contribution in [2.75, 3.05) is 6.54 Å². The summed E-state index contributed by atoms with van der Waals surface area (Å²) in [6, 6.07) is 4.30. The fourth-order valence-corrected chi connectivity index (χ4v) is 2.75. The Morgan fingerprint density at radius 1 is 1.24 bits per heavy atom. The molecule has 0 saturated carbocycles. The van der Waals surface area contributed by atoms with E-state index in [2.05, 4.69) is 20.3 Å². The molecule has 1 aromatic heterocycles. The third kappa shape index (κ3) is 4.41. The summed E-state index contributed by atoms with van der Waals surface area (Å²) < 4.78 is 41.6. The van der Waals surface area contributed by atoms with Crippen molar-refractivity contribution < 1.29 is 28.3 Å². The largest absolute Gasteiger partial charge is 0.465 e. The number of aromatic nitrogens is 2. The number of H-pyrrole nitrogens is 1. The van der Waals surface area contributed by atoms with E-state index in [0.717, 1.165) is 12.1 Å². The Balaban J connectivity index is 2.07. The molecule has 0 aliphatic heterocycles. The van der Waals surface area contributed by atoms with E-state index in [1.165, 1.54) is 12.1 Å². The lowest BCUT2D eigenvalue weighted by molar-refractivity contribution is 0.194. The molecule has 0 unspecified atom stereocenters. The molecule has 0 fully saturated rings. The molecule has 3 aromatic rings. The topological polar surface area (TPSA) is 123 Å². The second kappa shape index (κ2) is 8.37. The maximum absolute atomic E-state index is 14.2. The Morgan fingerprint density at radius 3 is 2.66 bits per heavy atom. The van der Waals surface area contributed by atoms with Gasteiger partial charge in [0.2, 0.25) is 0 Å². The van der Waals surface area contributed by atoms with Crippen LogP contribution in [-0.2, 0) is 6.42 Å². The van der Waals surface area contributed by atoms with Gasteiger partial charge in [0.05, 0.1) is 16.2 Å². The number of hydrogen-bond acceptors (Lipinski definition) is 4. The zero-order chi connectivity index (χ0) is 21.1. The van der Waals surface area contributed by atoms with Crippen LogP contribution in [0.1, 0.15) is 11.4 Å². The number of carbonyl (C=O) groups is 1. The molecule has 29 heavy (non-hydrogen) atoms. The van der Waals surface area contributed by atoms with E-state index in [9.17, 15) is 23.2 Å². The van der Waals surface area contributed by atoms with E-state index in [1.54, 1.807) is 5.48 Å². The van der Waals surface area contributed by atoms with Crippen molar-refractivity contribution in [2.45, 2.75) is 6.42 Å². The summed E-state index contributed by atoms with van der Waals surface area (Å²) in [5.41, 5.74) is 1.53. The molecule has 2 aromatic carbocycles. The van der Waals surface area contributed by atoms with Crippen molar-refractivity contribution >= 4 is 40.3 Å². The molecule has 1 amide bonds. The number of amidine groups is 1. The summed E-state index contributed by atoms with van der Waals surface area (Å²) in [6.45, 7) is -0.0120. The quantitative estimate of drug-likeness (QED) is 0.242. The molecular weight excluding hydrogens is 415 g/mol. The SMILES string of the molecule is O=C(O)NCCc1nc2c(F)c(F)cc(C(=Nc3ccc(F)c(Cl)c3)NO)c2[nH]1. The Kier molecular flexibility index (Phi) is 5.89. The molecule has 0 atom stereocenters. The van der Waals surface area contributed by atoms with E-state index in [-0.39, 0.29) is 51.9 Å². The zero-order valence-corrected chi connectivity index (χ0v) is 15.2. The predicted octanol–water partition coefficient (Wildman–Crippen LogP) is 3.50. The molecule has 0 spiro atoms. The van der Waals surface area contributed by atoms with Gasteiger partial charge in [-0.1, -0.05) is 11.6 Å². The van der Waals surface area contributed by atoms with Crippen molar-refractivity contribution in [3.8, 4) is 0 Å². The van der Waals surface area contributed by atoms with Crippen LogP contribution in [0.3, 0.4) is 0 Å².